The summed E-state index contributed by atoms with van der Waals surface area (Å²) in [5.41, 5.74) is 2.77. The standard InChI is InChI=1S/C17H17NS/c1-18-13-14(16-9-5-6-10-17(16)18)11-12-19-15-7-3-2-4-8-15/h2-10,13H,11-12H2,1H3. The number of benzene rings is 2. The average molecular weight is 267 g/mol. The van der Waals surface area contributed by atoms with Gasteiger partial charge in [0.05, 0.1) is 0 Å². The lowest BCUT2D eigenvalue weighted by atomic mass is 10.1. The van der Waals surface area contributed by atoms with E-state index in [2.05, 4.69) is 72.4 Å². The molecule has 3 rings (SSSR count). The number of aryl methyl sites for hydroxylation is 2. The fourth-order valence-electron chi connectivity index (χ4n) is 2.42. The van der Waals surface area contributed by atoms with E-state index >= 15 is 0 Å². The van der Waals surface area contributed by atoms with Gasteiger partial charge >= 0.3 is 0 Å². The molecule has 0 saturated heterocycles. The van der Waals surface area contributed by atoms with Crippen LogP contribution in [0.5, 0.6) is 0 Å². The molecule has 0 aliphatic heterocycles. The van der Waals surface area contributed by atoms with Crippen molar-refractivity contribution in [1.29, 1.82) is 0 Å². The molecular formula is C17H17NS. The zero-order chi connectivity index (χ0) is 13.1. The molecule has 0 aliphatic carbocycles. The molecule has 0 unspecified atom stereocenters. The summed E-state index contributed by atoms with van der Waals surface area (Å²) in [5, 5.41) is 1.39. The largest absolute Gasteiger partial charge is 0.350 e. The van der Waals surface area contributed by atoms with Crippen LogP contribution in [0.1, 0.15) is 5.56 Å². The molecule has 0 aliphatic rings. The number of hydrogen-bond acceptors (Lipinski definition) is 1. The van der Waals surface area contributed by atoms with E-state index in [1.807, 2.05) is 11.8 Å². The van der Waals surface area contributed by atoms with Crippen molar-refractivity contribution in [1.82, 2.24) is 4.57 Å². The van der Waals surface area contributed by atoms with Gasteiger partial charge in [-0.1, -0.05) is 36.4 Å². The van der Waals surface area contributed by atoms with Crippen LogP contribution < -0.4 is 0 Å². The zero-order valence-electron chi connectivity index (χ0n) is 11.0. The van der Waals surface area contributed by atoms with Crippen LogP contribution in [-0.4, -0.2) is 10.3 Å². The Balaban J connectivity index is 1.72. The Morgan fingerprint density at radius 3 is 2.53 bits per heavy atom. The highest BCUT2D eigenvalue weighted by atomic mass is 32.2. The van der Waals surface area contributed by atoms with Gasteiger partial charge in [-0.15, -0.1) is 11.8 Å². The quantitative estimate of drug-likeness (QED) is 0.629. The van der Waals surface area contributed by atoms with Crippen molar-refractivity contribution >= 4 is 22.7 Å². The molecule has 1 nitrogen and oxygen atoms in total. The molecule has 3 aromatic rings. The summed E-state index contributed by atoms with van der Waals surface area (Å²) in [6.07, 6.45) is 3.37. The molecule has 0 saturated carbocycles. The number of nitrogens with zero attached hydrogens (tertiary/aromatic N) is 1. The van der Waals surface area contributed by atoms with Gasteiger partial charge in [0.2, 0.25) is 0 Å². The molecule has 0 amide bonds. The molecule has 2 heteroatoms. The monoisotopic (exact) mass is 267 g/mol. The van der Waals surface area contributed by atoms with Crippen LogP contribution in [0.3, 0.4) is 0 Å². The first-order chi connectivity index (χ1) is 9.34. The lowest BCUT2D eigenvalue weighted by Crippen LogP contribution is -1.87. The van der Waals surface area contributed by atoms with Gasteiger partial charge in [-0.3, -0.25) is 0 Å². The molecular weight excluding hydrogens is 250 g/mol. The lowest BCUT2D eigenvalue weighted by Gasteiger charge is -2.01. The third-order valence-electron chi connectivity index (χ3n) is 3.36. The van der Waals surface area contributed by atoms with E-state index < -0.39 is 0 Å². The summed E-state index contributed by atoms with van der Waals surface area (Å²) in [6.45, 7) is 0. The fraction of sp³-hybridized carbons (Fsp3) is 0.176. The van der Waals surface area contributed by atoms with E-state index in [1.54, 1.807) is 0 Å². The molecule has 96 valence electrons. The van der Waals surface area contributed by atoms with Gasteiger partial charge in [0.1, 0.15) is 0 Å². The van der Waals surface area contributed by atoms with Crippen LogP contribution in [0.25, 0.3) is 10.9 Å². The number of fused-ring (bicyclic) bond motifs is 1. The number of para-hydroxylation sites is 1. The molecule has 0 radical (unpaired) electrons. The highest BCUT2D eigenvalue weighted by Crippen LogP contribution is 2.24. The van der Waals surface area contributed by atoms with Crippen LogP contribution in [-0.2, 0) is 13.5 Å². The van der Waals surface area contributed by atoms with E-state index in [9.17, 15) is 0 Å². The average Bonchev–Trinajstić information content (AvgIpc) is 2.78. The summed E-state index contributed by atoms with van der Waals surface area (Å²) in [5.74, 6) is 1.12. The Kier molecular flexibility index (Phi) is 3.60. The van der Waals surface area contributed by atoms with Gasteiger partial charge in [0.25, 0.3) is 0 Å². The zero-order valence-corrected chi connectivity index (χ0v) is 11.9. The van der Waals surface area contributed by atoms with E-state index in [4.69, 9.17) is 0 Å². The molecule has 0 N–H and O–H groups in total. The van der Waals surface area contributed by atoms with Crippen molar-refractivity contribution < 1.29 is 0 Å². The van der Waals surface area contributed by atoms with Crippen LogP contribution in [0, 0.1) is 0 Å². The minimum Gasteiger partial charge on any atom is -0.350 e. The third kappa shape index (κ3) is 2.69. The highest BCUT2D eigenvalue weighted by molar-refractivity contribution is 7.99. The van der Waals surface area contributed by atoms with E-state index in [0.29, 0.717) is 0 Å². The second-order valence-electron chi connectivity index (χ2n) is 4.69. The topological polar surface area (TPSA) is 4.93 Å². The summed E-state index contributed by atoms with van der Waals surface area (Å²) in [7, 11) is 2.12. The maximum Gasteiger partial charge on any atom is 0.0480 e. The number of rotatable bonds is 4. The van der Waals surface area contributed by atoms with Gasteiger partial charge < -0.3 is 4.57 Å². The molecule has 1 heterocycles. The van der Waals surface area contributed by atoms with Crippen LogP contribution in [0.4, 0.5) is 0 Å². The second-order valence-corrected chi connectivity index (χ2v) is 5.86. The predicted octanol–water partition coefficient (Wildman–Crippen LogP) is 4.51. The first kappa shape index (κ1) is 12.4. The summed E-state index contributed by atoms with van der Waals surface area (Å²) >= 11 is 1.92. The van der Waals surface area contributed by atoms with Crippen molar-refractivity contribution in [3.05, 3.63) is 66.4 Å². The predicted molar refractivity (Wildman–Crippen MR) is 83.8 cm³/mol. The SMILES string of the molecule is Cn1cc(CCSc2ccccc2)c2ccccc21. The van der Waals surface area contributed by atoms with Crippen molar-refractivity contribution in [2.75, 3.05) is 5.75 Å². The maximum absolute atomic E-state index is 2.26. The number of aromatic nitrogens is 1. The highest BCUT2D eigenvalue weighted by Gasteiger charge is 2.05. The first-order valence-electron chi connectivity index (χ1n) is 6.55. The van der Waals surface area contributed by atoms with Gasteiger partial charge in [-0.05, 0) is 30.2 Å². The Hall–Kier alpha value is -1.67. The Morgan fingerprint density at radius 1 is 0.947 bits per heavy atom. The fourth-order valence-corrected chi connectivity index (χ4v) is 3.33. The smallest absolute Gasteiger partial charge is 0.0480 e. The Morgan fingerprint density at radius 2 is 1.68 bits per heavy atom. The molecule has 0 atom stereocenters. The van der Waals surface area contributed by atoms with Crippen molar-refractivity contribution in [2.45, 2.75) is 11.3 Å². The lowest BCUT2D eigenvalue weighted by molar-refractivity contribution is 0.955. The van der Waals surface area contributed by atoms with Crippen molar-refractivity contribution in [2.24, 2.45) is 7.05 Å². The van der Waals surface area contributed by atoms with Gasteiger partial charge in [-0.2, -0.15) is 0 Å². The molecule has 0 spiro atoms. The first-order valence-corrected chi connectivity index (χ1v) is 7.54. The van der Waals surface area contributed by atoms with Crippen LogP contribution in [0.15, 0.2) is 65.7 Å². The van der Waals surface area contributed by atoms with Crippen LogP contribution in [0.2, 0.25) is 0 Å². The molecule has 0 bridgehead atoms. The summed E-state index contributed by atoms with van der Waals surface area (Å²) in [4.78, 5) is 1.35. The van der Waals surface area contributed by atoms with E-state index in [-0.39, 0.29) is 0 Å². The van der Waals surface area contributed by atoms with Gasteiger partial charge in [0, 0.05) is 34.8 Å². The summed E-state index contributed by atoms with van der Waals surface area (Å²) < 4.78 is 2.22. The van der Waals surface area contributed by atoms with E-state index in [0.717, 1.165) is 12.2 Å². The van der Waals surface area contributed by atoms with Gasteiger partial charge in [-0.25, -0.2) is 0 Å². The van der Waals surface area contributed by atoms with Crippen molar-refractivity contribution in [3.8, 4) is 0 Å². The maximum atomic E-state index is 2.26. The summed E-state index contributed by atoms with van der Waals surface area (Å²) in [6, 6.07) is 19.2. The number of hydrogen-bond donors (Lipinski definition) is 0. The normalized spacial score (nSPS) is 11.0. The second kappa shape index (κ2) is 5.54. The minimum atomic E-state index is 1.11. The molecule has 19 heavy (non-hydrogen) atoms. The Labute approximate surface area is 118 Å². The molecule has 0 fully saturated rings. The van der Waals surface area contributed by atoms with Crippen LogP contribution >= 0.6 is 11.8 Å². The van der Waals surface area contributed by atoms with E-state index in [1.165, 1.54) is 21.4 Å². The third-order valence-corrected chi connectivity index (χ3v) is 4.38. The minimum absolute atomic E-state index is 1.11. The van der Waals surface area contributed by atoms with Crippen molar-refractivity contribution in [3.63, 3.8) is 0 Å². The van der Waals surface area contributed by atoms with Gasteiger partial charge in [0.15, 0.2) is 0 Å². The Bertz CT molecular complexity index is 670. The molecule has 1 aromatic heterocycles. The molecule has 2 aromatic carbocycles. The number of thioether (sulfide) groups is 1.